The minimum absolute atomic E-state index is 0.0306. The third kappa shape index (κ3) is 1.79. The number of ether oxygens (including phenoxy) is 2. The van der Waals surface area contributed by atoms with Crippen molar-refractivity contribution in [2.75, 3.05) is 14.2 Å². The minimum atomic E-state index is -1.09. The highest BCUT2D eigenvalue weighted by Crippen LogP contribution is 2.52. The van der Waals surface area contributed by atoms with Crippen LogP contribution in [0, 0.1) is 11.3 Å². The zero-order valence-electron chi connectivity index (χ0n) is 9.97. The van der Waals surface area contributed by atoms with E-state index in [0.29, 0.717) is 17.8 Å². The van der Waals surface area contributed by atoms with Gasteiger partial charge in [-0.25, -0.2) is 9.78 Å². The number of methoxy groups -OCH3 is 2. The molecule has 1 aromatic heterocycles. The highest BCUT2D eigenvalue weighted by Gasteiger charge is 2.59. The van der Waals surface area contributed by atoms with E-state index in [0.717, 1.165) is 0 Å². The standard InChI is InChI=1S/C11H12N2O4S/c1-16-11(17-2)4-10(5-11,6-12)9-13-7(3-18-9)8(14)15/h3H,4-5H2,1-2H3,(H,14,15). The maximum atomic E-state index is 10.8. The van der Waals surface area contributed by atoms with Gasteiger partial charge in [0.05, 0.1) is 6.07 Å². The second kappa shape index (κ2) is 4.31. The lowest BCUT2D eigenvalue weighted by Gasteiger charge is -2.49. The fraction of sp³-hybridized carbons (Fsp3) is 0.545. The Morgan fingerprint density at radius 1 is 1.56 bits per heavy atom. The molecule has 1 aliphatic rings. The van der Waals surface area contributed by atoms with E-state index >= 15 is 0 Å². The van der Waals surface area contributed by atoms with Crippen LogP contribution in [0.3, 0.4) is 0 Å². The molecule has 0 radical (unpaired) electrons. The van der Waals surface area contributed by atoms with Crippen LogP contribution in [-0.4, -0.2) is 36.1 Å². The molecule has 7 heteroatoms. The molecule has 96 valence electrons. The number of rotatable bonds is 4. The third-order valence-corrected chi connectivity index (χ3v) is 4.28. The Morgan fingerprint density at radius 3 is 2.56 bits per heavy atom. The first-order valence-corrected chi connectivity index (χ1v) is 6.10. The van der Waals surface area contributed by atoms with Crippen LogP contribution < -0.4 is 0 Å². The predicted molar refractivity (Wildman–Crippen MR) is 62.3 cm³/mol. The fourth-order valence-electron chi connectivity index (χ4n) is 2.11. The van der Waals surface area contributed by atoms with Gasteiger partial charge in [0, 0.05) is 32.4 Å². The Balaban J connectivity index is 2.26. The van der Waals surface area contributed by atoms with Gasteiger partial charge in [0.15, 0.2) is 11.5 Å². The van der Waals surface area contributed by atoms with E-state index in [2.05, 4.69) is 11.1 Å². The average molecular weight is 268 g/mol. The largest absolute Gasteiger partial charge is 0.476 e. The Hall–Kier alpha value is -1.49. The van der Waals surface area contributed by atoms with E-state index in [9.17, 15) is 10.1 Å². The first-order valence-electron chi connectivity index (χ1n) is 5.22. The zero-order chi connectivity index (χ0) is 13.4. The normalized spacial score (nSPS) is 19.8. The van der Waals surface area contributed by atoms with Crippen molar-refractivity contribution in [2.45, 2.75) is 24.0 Å². The molecule has 1 fully saturated rings. The first kappa shape index (κ1) is 13.0. The maximum Gasteiger partial charge on any atom is 0.355 e. The number of aromatic carboxylic acids is 1. The molecule has 18 heavy (non-hydrogen) atoms. The molecule has 0 unspecified atom stereocenters. The van der Waals surface area contributed by atoms with Crippen molar-refractivity contribution >= 4 is 17.3 Å². The molecule has 0 spiro atoms. The van der Waals surface area contributed by atoms with Crippen molar-refractivity contribution in [2.24, 2.45) is 0 Å². The molecule has 0 amide bonds. The molecule has 0 aromatic carbocycles. The van der Waals surface area contributed by atoms with Crippen LogP contribution in [-0.2, 0) is 14.9 Å². The van der Waals surface area contributed by atoms with Crippen molar-refractivity contribution < 1.29 is 19.4 Å². The molecule has 0 aliphatic heterocycles. The molecule has 1 aromatic rings. The first-order chi connectivity index (χ1) is 8.51. The molecule has 0 bridgehead atoms. The van der Waals surface area contributed by atoms with Crippen LogP contribution in [0.25, 0.3) is 0 Å². The van der Waals surface area contributed by atoms with E-state index in [1.54, 1.807) is 0 Å². The molecule has 2 rings (SSSR count). The highest BCUT2D eigenvalue weighted by molar-refractivity contribution is 7.10. The molecule has 0 atom stereocenters. The number of carboxylic acids is 1. The smallest absolute Gasteiger partial charge is 0.355 e. The summed E-state index contributed by atoms with van der Waals surface area (Å²) < 4.78 is 10.5. The van der Waals surface area contributed by atoms with Crippen molar-refractivity contribution in [3.63, 3.8) is 0 Å². The number of thiazole rings is 1. The lowest BCUT2D eigenvalue weighted by Crippen LogP contribution is -2.56. The van der Waals surface area contributed by atoms with Crippen molar-refractivity contribution in [1.29, 1.82) is 5.26 Å². The number of carboxylic acid groups (broad SMARTS) is 1. The van der Waals surface area contributed by atoms with Gasteiger partial charge < -0.3 is 14.6 Å². The fourth-order valence-corrected chi connectivity index (χ4v) is 3.05. The van der Waals surface area contributed by atoms with Gasteiger partial charge in [0.2, 0.25) is 0 Å². The van der Waals surface area contributed by atoms with Crippen molar-refractivity contribution in [3.05, 3.63) is 16.1 Å². The second-order valence-electron chi connectivity index (χ2n) is 4.21. The molecule has 1 saturated carbocycles. The molecule has 1 heterocycles. The van der Waals surface area contributed by atoms with Crippen molar-refractivity contribution in [1.82, 2.24) is 4.98 Å². The number of hydrogen-bond acceptors (Lipinski definition) is 6. The SMILES string of the molecule is COC1(OC)CC(C#N)(c2nc(C(=O)O)cs2)C1. The molecule has 1 N–H and O–H groups in total. The summed E-state index contributed by atoms with van der Waals surface area (Å²) in [4.78, 5) is 14.8. The summed E-state index contributed by atoms with van der Waals surface area (Å²) >= 11 is 1.18. The number of nitriles is 1. The van der Waals surface area contributed by atoms with Crippen LogP contribution in [0.2, 0.25) is 0 Å². The quantitative estimate of drug-likeness (QED) is 0.829. The van der Waals surface area contributed by atoms with Crippen LogP contribution in [0.1, 0.15) is 28.3 Å². The van der Waals surface area contributed by atoms with Gasteiger partial charge in [0.1, 0.15) is 10.4 Å². The van der Waals surface area contributed by atoms with Gasteiger partial charge in [-0.2, -0.15) is 5.26 Å². The molecular formula is C11H12N2O4S. The van der Waals surface area contributed by atoms with Gasteiger partial charge in [-0.05, 0) is 0 Å². The summed E-state index contributed by atoms with van der Waals surface area (Å²) in [6.07, 6.45) is 0.714. The minimum Gasteiger partial charge on any atom is -0.476 e. The summed E-state index contributed by atoms with van der Waals surface area (Å²) in [5.41, 5.74) is -0.832. The summed E-state index contributed by atoms with van der Waals surface area (Å²) in [7, 11) is 3.05. The van der Waals surface area contributed by atoms with E-state index in [1.165, 1.54) is 30.9 Å². The van der Waals surface area contributed by atoms with Gasteiger partial charge in [0.25, 0.3) is 0 Å². The topological polar surface area (TPSA) is 92.4 Å². The van der Waals surface area contributed by atoms with Gasteiger partial charge in [-0.1, -0.05) is 0 Å². The van der Waals surface area contributed by atoms with Gasteiger partial charge in [-0.3, -0.25) is 0 Å². The van der Waals surface area contributed by atoms with Crippen LogP contribution >= 0.6 is 11.3 Å². The van der Waals surface area contributed by atoms with Gasteiger partial charge in [-0.15, -0.1) is 11.3 Å². The van der Waals surface area contributed by atoms with Crippen LogP contribution in [0.4, 0.5) is 0 Å². The summed E-state index contributed by atoms with van der Waals surface area (Å²) in [5, 5.41) is 20.1. The Morgan fingerprint density at radius 2 is 2.17 bits per heavy atom. The van der Waals surface area contributed by atoms with E-state index < -0.39 is 17.2 Å². The molecular weight excluding hydrogens is 256 g/mol. The Bertz CT molecular complexity index is 507. The van der Waals surface area contributed by atoms with E-state index in [1.807, 2.05) is 0 Å². The molecule has 0 saturated heterocycles. The summed E-state index contributed by atoms with van der Waals surface area (Å²) in [6, 6.07) is 2.20. The number of nitrogens with zero attached hydrogens (tertiary/aromatic N) is 2. The van der Waals surface area contributed by atoms with E-state index in [4.69, 9.17) is 14.6 Å². The number of hydrogen-bond donors (Lipinski definition) is 1. The molecule has 6 nitrogen and oxygen atoms in total. The lowest BCUT2D eigenvalue weighted by molar-refractivity contribution is -0.269. The maximum absolute atomic E-state index is 10.8. The third-order valence-electron chi connectivity index (χ3n) is 3.23. The Kier molecular flexibility index (Phi) is 3.11. The van der Waals surface area contributed by atoms with Crippen LogP contribution in [0.15, 0.2) is 5.38 Å². The second-order valence-corrected chi connectivity index (χ2v) is 5.07. The van der Waals surface area contributed by atoms with Gasteiger partial charge >= 0.3 is 5.97 Å². The lowest BCUT2D eigenvalue weighted by atomic mass is 9.65. The van der Waals surface area contributed by atoms with E-state index in [-0.39, 0.29) is 5.69 Å². The average Bonchev–Trinajstić information content (AvgIpc) is 2.80. The Labute approximate surface area is 108 Å². The number of aromatic nitrogens is 1. The summed E-state index contributed by atoms with van der Waals surface area (Å²) in [6.45, 7) is 0. The predicted octanol–water partition coefficient (Wildman–Crippen LogP) is 1.39. The molecule has 1 aliphatic carbocycles. The highest BCUT2D eigenvalue weighted by atomic mass is 32.1. The summed E-state index contributed by atoms with van der Waals surface area (Å²) in [5.74, 6) is -1.85. The monoisotopic (exact) mass is 268 g/mol. The van der Waals surface area contributed by atoms with Crippen molar-refractivity contribution in [3.8, 4) is 6.07 Å². The number of carbonyl (C=O) groups is 1. The zero-order valence-corrected chi connectivity index (χ0v) is 10.8. The van der Waals surface area contributed by atoms with Crippen LogP contribution in [0.5, 0.6) is 0 Å².